The van der Waals surface area contributed by atoms with Crippen molar-refractivity contribution >= 4 is 18.0 Å². The van der Waals surface area contributed by atoms with Crippen LogP contribution in [-0.4, -0.2) is 18.0 Å². The summed E-state index contributed by atoms with van der Waals surface area (Å²) in [5.41, 5.74) is 4.95. The lowest BCUT2D eigenvalue weighted by atomic mass is 10.7. The van der Waals surface area contributed by atoms with Crippen LogP contribution < -0.4 is 5.73 Å². The van der Waals surface area contributed by atoms with E-state index in [0.29, 0.717) is 5.84 Å². The number of nitrogens with two attached hydrogens (primary N) is 1. The van der Waals surface area contributed by atoms with Gasteiger partial charge in [-0.3, -0.25) is 5.41 Å². The van der Waals surface area contributed by atoms with E-state index in [1.165, 1.54) is 0 Å². The van der Waals surface area contributed by atoms with E-state index in [2.05, 4.69) is 9.98 Å². The first-order valence-electron chi connectivity index (χ1n) is 2.55. The zero-order valence-electron chi connectivity index (χ0n) is 5.55. The second kappa shape index (κ2) is 3.77. The Morgan fingerprint density at radius 1 is 1.67 bits per heavy atom. The molecule has 0 fully saturated rings. The number of amidine groups is 1. The summed E-state index contributed by atoms with van der Waals surface area (Å²) in [5, 5.41) is 6.72. The average molecular weight is 126 g/mol. The quantitative estimate of drug-likeness (QED) is 0.357. The summed E-state index contributed by atoms with van der Waals surface area (Å²) in [4.78, 5) is 7.32. The molecular formula is C5H10N4. The first-order chi connectivity index (χ1) is 4.16. The molecule has 0 saturated heterocycles. The number of aliphatic imine (C=N–C) groups is 2. The third-order valence-electron chi connectivity index (χ3n) is 0.598. The average Bonchev–Trinajstić information content (AvgIpc) is 1.63. The summed E-state index contributed by atoms with van der Waals surface area (Å²) in [5.74, 6) is 0.295. The molecule has 0 aliphatic rings. The highest BCUT2D eigenvalue weighted by Crippen LogP contribution is 1.76. The first-order valence-corrected chi connectivity index (χ1v) is 2.55. The van der Waals surface area contributed by atoms with Gasteiger partial charge in [0.25, 0.3) is 0 Å². The summed E-state index contributed by atoms with van der Waals surface area (Å²) in [6.07, 6.45) is 1.60. The van der Waals surface area contributed by atoms with Crippen LogP contribution in [0.2, 0.25) is 0 Å². The molecule has 3 N–H and O–H groups in total. The fourth-order valence-electron chi connectivity index (χ4n) is 0.390. The van der Waals surface area contributed by atoms with Crippen molar-refractivity contribution < 1.29 is 0 Å². The molecule has 0 bridgehead atoms. The van der Waals surface area contributed by atoms with Crippen molar-refractivity contribution in [3.63, 3.8) is 0 Å². The predicted octanol–water partition coefficient (Wildman–Crippen LogP) is 0.389. The van der Waals surface area contributed by atoms with Crippen LogP contribution in [0.5, 0.6) is 0 Å². The normalized spacial score (nSPS) is 12.4. The number of nitrogens with zero attached hydrogens (tertiary/aromatic N) is 2. The molecule has 0 unspecified atom stereocenters. The highest BCUT2D eigenvalue weighted by molar-refractivity contribution is 5.95. The smallest absolute Gasteiger partial charge is 0.214 e. The maximum Gasteiger partial charge on any atom is 0.214 e. The van der Waals surface area contributed by atoms with E-state index in [0.717, 1.165) is 0 Å². The summed E-state index contributed by atoms with van der Waals surface area (Å²) < 4.78 is 0. The van der Waals surface area contributed by atoms with Gasteiger partial charge in [0.2, 0.25) is 5.96 Å². The largest absolute Gasteiger partial charge is 0.368 e. The fourth-order valence-corrected chi connectivity index (χ4v) is 0.390. The SMILES string of the molecule is CC=NC(C)=NC(=N)N. The van der Waals surface area contributed by atoms with Gasteiger partial charge in [-0.05, 0) is 13.8 Å². The van der Waals surface area contributed by atoms with E-state index in [4.69, 9.17) is 11.1 Å². The number of guanidine groups is 1. The molecule has 0 aromatic carbocycles. The van der Waals surface area contributed by atoms with Gasteiger partial charge < -0.3 is 5.73 Å². The van der Waals surface area contributed by atoms with Gasteiger partial charge in [-0.15, -0.1) is 0 Å². The minimum atomic E-state index is -0.210. The van der Waals surface area contributed by atoms with Gasteiger partial charge in [0.15, 0.2) is 0 Å². The van der Waals surface area contributed by atoms with Crippen molar-refractivity contribution in [3.8, 4) is 0 Å². The standard InChI is InChI=1S/C5H10N4/c1-3-8-4(2)9-5(6)7/h3H,1-2H3,(H3,6,7). The summed E-state index contributed by atoms with van der Waals surface area (Å²) in [6.45, 7) is 3.46. The molecule has 0 aromatic heterocycles. The number of hydrogen-bond donors (Lipinski definition) is 2. The minimum absolute atomic E-state index is 0.210. The second-order valence-corrected chi connectivity index (χ2v) is 1.43. The summed E-state index contributed by atoms with van der Waals surface area (Å²) >= 11 is 0. The summed E-state index contributed by atoms with van der Waals surface area (Å²) in [7, 11) is 0. The molecule has 0 saturated carbocycles. The van der Waals surface area contributed by atoms with Crippen LogP contribution >= 0.6 is 0 Å². The highest BCUT2D eigenvalue weighted by Gasteiger charge is 1.82. The van der Waals surface area contributed by atoms with Crippen LogP contribution in [0.15, 0.2) is 9.98 Å². The molecule has 0 heterocycles. The zero-order valence-corrected chi connectivity index (χ0v) is 5.55. The van der Waals surface area contributed by atoms with Crippen molar-refractivity contribution in [2.45, 2.75) is 13.8 Å². The lowest BCUT2D eigenvalue weighted by molar-refractivity contribution is 1.36. The molecule has 4 heteroatoms. The minimum Gasteiger partial charge on any atom is -0.368 e. The number of rotatable bonds is 0. The van der Waals surface area contributed by atoms with Crippen molar-refractivity contribution in [1.82, 2.24) is 0 Å². The highest BCUT2D eigenvalue weighted by atomic mass is 15.0. The predicted molar refractivity (Wildman–Crippen MR) is 39.2 cm³/mol. The van der Waals surface area contributed by atoms with E-state index in [1.54, 1.807) is 20.1 Å². The lowest BCUT2D eigenvalue weighted by Gasteiger charge is -1.87. The van der Waals surface area contributed by atoms with Gasteiger partial charge in [-0.2, -0.15) is 4.99 Å². The third-order valence-corrected chi connectivity index (χ3v) is 0.598. The molecule has 0 spiro atoms. The van der Waals surface area contributed by atoms with E-state index in [-0.39, 0.29) is 5.96 Å². The van der Waals surface area contributed by atoms with Crippen molar-refractivity contribution in [3.05, 3.63) is 0 Å². The fraction of sp³-hybridized carbons (Fsp3) is 0.400. The third kappa shape index (κ3) is 4.67. The molecular weight excluding hydrogens is 116 g/mol. The van der Waals surface area contributed by atoms with Crippen molar-refractivity contribution in [2.24, 2.45) is 15.7 Å². The molecule has 0 atom stereocenters. The number of nitrogens with one attached hydrogen (secondary N) is 1. The van der Waals surface area contributed by atoms with Crippen LogP contribution in [-0.2, 0) is 0 Å². The Hall–Kier alpha value is -1.19. The van der Waals surface area contributed by atoms with E-state index in [9.17, 15) is 0 Å². The van der Waals surface area contributed by atoms with E-state index >= 15 is 0 Å². The van der Waals surface area contributed by atoms with Gasteiger partial charge in [0, 0.05) is 6.21 Å². The molecule has 50 valence electrons. The molecule has 0 aliphatic carbocycles. The first kappa shape index (κ1) is 7.81. The molecule has 0 rings (SSSR count). The molecule has 0 aliphatic heterocycles. The topological polar surface area (TPSA) is 74.6 Å². The Labute approximate surface area is 54.0 Å². The number of hydrogen-bond acceptors (Lipinski definition) is 1. The van der Waals surface area contributed by atoms with Crippen LogP contribution in [0.3, 0.4) is 0 Å². The Morgan fingerprint density at radius 3 is 2.56 bits per heavy atom. The molecule has 9 heavy (non-hydrogen) atoms. The molecule has 0 radical (unpaired) electrons. The van der Waals surface area contributed by atoms with E-state index < -0.39 is 0 Å². The van der Waals surface area contributed by atoms with Crippen LogP contribution in [0.1, 0.15) is 13.8 Å². The summed E-state index contributed by atoms with van der Waals surface area (Å²) in [6, 6.07) is 0. The Kier molecular flexibility index (Phi) is 3.27. The molecule has 0 aromatic rings. The zero-order chi connectivity index (χ0) is 7.28. The Bertz CT molecular complexity index is 156. The lowest BCUT2D eigenvalue weighted by Crippen LogP contribution is -2.07. The van der Waals surface area contributed by atoms with Gasteiger partial charge in [0.05, 0.1) is 0 Å². The van der Waals surface area contributed by atoms with Crippen LogP contribution in [0.4, 0.5) is 0 Å². The Balaban J connectivity index is 4.00. The molecule has 4 nitrogen and oxygen atoms in total. The van der Waals surface area contributed by atoms with Gasteiger partial charge >= 0.3 is 0 Å². The second-order valence-electron chi connectivity index (χ2n) is 1.43. The van der Waals surface area contributed by atoms with E-state index in [1.807, 2.05) is 0 Å². The molecule has 0 amide bonds. The van der Waals surface area contributed by atoms with Gasteiger partial charge in [-0.1, -0.05) is 0 Å². The van der Waals surface area contributed by atoms with Crippen molar-refractivity contribution in [1.29, 1.82) is 5.41 Å². The van der Waals surface area contributed by atoms with Crippen molar-refractivity contribution in [2.75, 3.05) is 0 Å². The maximum atomic E-state index is 6.72. The van der Waals surface area contributed by atoms with Crippen LogP contribution in [0.25, 0.3) is 0 Å². The van der Waals surface area contributed by atoms with Gasteiger partial charge in [-0.25, -0.2) is 4.99 Å². The van der Waals surface area contributed by atoms with Gasteiger partial charge in [0.1, 0.15) is 5.84 Å². The maximum absolute atomic E-state index is 6.72. The van der Waals surface area contributed by atoms with Crippen LogP contribution in [0, 0.1) is 5.41 Å². The monoisotopic (exact) mass is 126 g/mol. The Morgan fingerprint density at radius 2 is 2.22 bits per heavy atom.